The van der Waals surface area contributed by atoms with E-state index in [2.05, 4.69) is 17.6 Å². The number of amides is 3. The van der Waals surface area contributed by atoms with E-state index in [9.17, 15) is 19.5 Å². The minimum Gasteiger partial charge on any atom is -0.396 e. The van der Waals surface area contributed by atoms with Crippen LogP contribution in [0.25, 0.3) is 0 Å². The third kappa shape index (κ3) is 4.38. The van der Waals surface area contributed by atoms with Crippen molar-refractivity contribution in [1.82, 2.24) is 10.2 Å². The van der Waals surface area contributed by atoms with Crippen LogP contribution in [0.5, 0.6) is 0 Å². The van der Waals surface area contributed by atoms with Crippen LogP contribution < -0.4 is 10.6 Å². The average molecular weight is 458 g/mol. The Balaban J connectivity index is 1.57. The summed E-state index contributed by atoms with van der Waals surface area (Å²) in [6.45, 7) is 3.07. The molecule has 2 unspecified atom stereocenters. The van der Waals surface area contributed by atoms with Crippen LogP contribution in [0.1, 0.15) is 51.9 Å². The largest absolute Gasteiger partial charge is 0.396 e. The molecule has 1 spiro atoms. The van der Waals surface area contributed by atoms with Crippen LogP contribution in [0.2, 0.25) is 0 Å². The first-order chi connectivity index (χ1) is 16.0. The van der Waals surface area contributed by atoms with Gasteiger partial charge in [0, 0.05) is 25.4 Å². The third-order valence-electron chi connectivity index (χ3n) is 7.28. The summed E-state index contributed by atoms with van der Waals surface area (Å²) < 4.78 is 6.39. The number of benzene rings is 1. The van der Waals surface area contributed by atoms with E-state index >= 15 is 0 Å². The molecule has 5 atom stereocenters. The number of carbonyl (C=O) groups is 3. The molecule has 3 fully saturated rings. The summed E-state index contributed by atoms with van der Waals surface area (Å²) in [7, 11) is 0. The number of nitrogens with zero attached hydrogens (tertiary/aromatic N) is 1. The minimum atomic E-state index is -0.964. The predicted molar refractivity (Wildman–Crippen MR) is 123 cm³/mol. The van der Waals surface area contributed by atoms with Crippen LogP contribution in [-0.2, 0) is 19.1 Å². The summed E-state index contributed by atoms with van der Waals surface area (Å²) in [6, 6.07) is 8.45. The van der Waals surface area contributed by atoms with E-state index < -0.39 is 23.5 Å². The van der Waals surface area contributed by atoms with Crippen LogP contribution >= 0.6 is 0 Å². The average Bonchev–Trinajstić information content (AvgIpc) is 3.45. The van der Waals surface area contributed by atoms with Crippen molar-refractivity contribution in [3.05, 3.63) is 30.3 Å². The number of rotatable bonds is 11. The number of hydrogen-bond acceptors (Lipinski definition) is 5. The lowest BCUT2D eigenvalue weighted by molar-refractivity contribution is -0.141. The smallest absolute Gasteiger partial charge is 0.245 e. The number of aliphatic hydroxyl groups is 1. The van der Waals surface area contributed by atoms with Crippen LogP contribution in [0.4, 0.5) is 5.69 Å². The van der Waals surface area contributed by atoms with E-state index in [4.69, 9.17) is 4.74 Å². The molecule has 0 aliphatic carbocycles. The van der Waals surface area contributed by atoms with Crippen molar-refractivity contribution < 1.29 is 24.2 Å². The molecule has 0 aromatic heterocycles. The molecule has 3 heterocycles. The summed E-state index contributed by atoms with van der Waals surface area (Å²) in [5.41, 5.74) is -0.288. The molecule has 3 N–H and O–H groups in total. The molecule has 8 heteroatoms. The highest BCUT2D eigenvalue weighted by Gasteiger charge is 2.74. The Labute approximate surface area is 195 Å². The Morgan fingerprint density at radius 2 is 1.94 bits per heavy atom. The second-order valence-corrected chi connectivity index (χ2v) is 9.37. The standard InChI is InChI=1S/C25H35N3O5/c1-2-3-7-14-26-23(31)21-25-13-12-18(33-25)19(22(30)27-17-10-5-4-6-11-17)20(25)24(32)28(21)15-8-9-16-29/h4-6,10-11,18-21,29H,2-3,7-9,12-16H2,1H3,(H,26,31)(H,27,30)/t18-,19+,20-,21?,25?/m0/s1. The Morgan fingerprint density at radius 3 is 2.67 bits per heavy atom. The fourth-order valence-electron chi connectivity index (χ4n) is 5.82. The number of carbonyl (C=O) groups excluding carboxylic acids is 3. The van der Waals surface area contributed by atoms with Gasteiger partial charge in [-0.15, -0.1) is 0 Å². The van der Waals surface area contributed by atoms with Gasteiger partial charge in [-0.25, -0.2) is 0 Å². The van der Waals surface area contributed by atoms with Gasteiger partial charge in [-0.2, -0.15) is 0 Å². The van der Waals surface area contributed by atoms with Crippen molar-refractivity contribution in [3.63, 3.8) is 0 Å². The predicted octanol–water partition coefficient (Wildman–Crippen LogP) is 2.08. The zero-order chi connectivity index (χ0) is 23.4. The Kier molecular flexibility index (Phi) is 7.34. The summed E-state index contributed by atoms with van der Waals surface area (Å²) in [4.78, 5) is 41.9. The van der Waals surface area contributed by atoms with Crippen molar-refractivity contribution >= 4 is 23.4 Å². The molecule has 8 nitrogen and oxygen atoms in total. The highest BCUT2D eigenvalue weighted by molar-refractivity contribution is 6.01. The molecule has 4 rings (SSSR count). The van der Waals surface area contributed by atoms with Crippen LogP contribution in [0, 0.1) is 11.8 Å². The Bertz CT molecular complexity index is 863. The maximum Gasteiger partial charge on any atom is 0.245 e. The van der Waals surface area contributed by atoms with Crippen molar-refractivity contribution in [2.75, 3.05) is 25.0 Å². The molecule has 0 saturated carbocycles. The quantitative estimate of drug-likeness (QED) is 0.441. The van der Waals surface area contributed by atoms with E-state index in [-0.39, 0.29) is 30.4 Å². The summed E-state index contributed by atoms with van der Waals surface area (Å²) in [6.07, 6.45) is 4.99. The molecule has 1 aromatic rings. The lowest BCUT2D eigenvalue weighted by Gasteiger charge is -2.33. The molecule has 33 heavy (non-hydrogen) atoms. The number of nitrogens with one attached hydrogen (secondary N) is 2. The van der Waals surface area contributed by atoms with Gasteiger partial charge in [-0.05, 0) is 44.2 Å². The van der Waals surface area contributed by atoms with Crippen molar-refractivity contribution in [2.24, 2.45) is 11.8 Å². The van der Waals surface area contributed by atoms with Crippen molar-refractivity contribution in [3.8, 4) is 0 Å². The Hall–Kier alpha value is -2.45. The topological polar surface area (TPSA) is 108 Å². The summed E-state index contributed by atoms with van der Waals surface area (Å²) in [5, 5.41) is 15.2. The van der Waals surface area contributed by atoms with Gasteiger partial charge in [0.25, 0.3) is 0 Å². The van der Waals surface area contributed by atoms with Crippen molar-refractivity contribution in [1.29, 1.82) is 0 Å². The van der Waals surface area contributed by atoms with Gasteiger partial charge < -0.3 is 25.4 Å². The van der Waals surface area contributed by atoms with Gasteiger partial charge in [0.15, 0.2) is 0 Å². The number of anilines is 1. The number of fused-ring (bicyclic) bond motifs is 1. The highest BCUT2D eigenvalue weighted by Crippen LogP contribution is 2.58. The van der Waals surface area contributed by atoms with Gasteiger partial charge in [-0.3, -0.25) is 14.4 Å². The maximum absolute atomic E-state index is 13.6. The first-order valence-electron chi connectivity index (χ1n) is 12.3. The molecular weight excluding hydrogens is 422 g/mol. The number of ether oxygens (including phenoxy) is 1. The molecule has 2 bridgehead atoms. The molecule has 0 radical (unpaired) electrons. The fraction of sp³-hybridized carbons (Fsp3) is 0.640. The van der Waals surface area contributed by atoms with E-state index in [0.29, 0.717) is 44.5 Å². The zero-order valence-electron chi connectivity index (χ0n) is 19.3. The monoisotopic (exact) mass is 457 g/mol. The molecule has 3 aliphatic rings. The third-order valence-corrected chi connectivity index (χ3v) is 7.28. The van der Waals surface area contributed by atoms with Gasteiger partial charge in [-0.1, -0.05) is 38.0 Å². The zero-order valence-corrected chi connectivity index (χ0v) is 19.3. The van der Waals surface area contributed by atoms with Gasteiger partial charge >= 0.3 is 0 Å². The van der Waals surface area contributed by atoms with E-state index in [0.717, 1.165) is 19.3 Å². The van der Waals surface area contributed by atoms with E-state index in [1.807, 2.05) is 30.3 Å². The number of hydrogen-bond donors (Lipinski definition) is 3. The number of para-hydroxylation sites is 1. The number of likely N-dealkylation sites (tertiary alicyclic amines) is 1. The highest BCUT2D eigenvalue weighted by atomic mass is 16.5. The molecular formula is C25H35N3O5. The van der Waals surface area contributed by atoms with Gasteiger partial charge in [0.2, 0.25) is 17.7 Å². The van der Waals surface area contributed by atoms with Gasteiger partial charge in [0.1, 0.15) is 11.6 Å². The number of unbranched alkanes of at least 4 members (excludes halogenated alkanes) is 3. The minimum absolute atomic E-state index is 0.0329. The molecule has 3 aliphatic heterocycles. The summed E-state index contributed by atoms with van der Waals surface area (Å²) >= 11 is 0. The lowest BCUT2D eigenvalue weighted by Crippen LogP contribution is -2.55. The normalized spacial score (nSPS) is 29.9. The molecule has 180 valence electrons. The first-order valence-corrected chi connectivity index (χ1v) is 12.3. The Morgan fingerprint density at radius 1 is 1.15 bits per heavy atom. The first kappa shape index (κ1) is 23.7. The number of aliphatic hydroxyl groups excluding tert-OH is 1. The summed E-state index contributed by atoms with van der Waals surface area (Å²) in [5.74, 6) is -1.90. The van der Waals surface area contributed by atoms with Crippen LogP contribution in [0.3, 0.4) is 0 Å². The maximum atomic E-state index is 13.6. The van der Waals surface area contributed by atoms with Gasteiger partial charge in [0.05, 0.1) is 17.9 Å². The lowest BCUT2D eigenvalue weighted by atomic mass is 9.70. The molecule has 3 amide bonds. The second kappa shape index (κ2) is 10.2. The SMILES string of the molecule is CCCCCNC(=O)C1N(CCCCO)C(=O)[C@@H]2[C@H](C(=O)Nc3ccccc3)[C@@H]3CCC12O3. The molecule has 3 saturated heterocycles. The molecule has 1 aromatic carbocycles. The van der Waals surface area contributed by atoms with E-state index in [1.54, 1.807) is 4.90 Å². The fourth-order valence-corrected chi connectivity index (χ4v) is 5.82. The van der Waals surface area contributed by atoms with Crippen molar-refractivity contribution in [2.45, 2.75) is 69.6 Å². The van der Waals surface area contributed by atoms with E-state index in [1.165, 1.54) is 0 Å². The second-order valence-electron chi connectivity index (χ2n) is 9.37. The van der Waals surface area contributed by atoms with Crippen LogP contribution in [0.15, 0.2) is 30.3 Å². The van der Waals surface area contributed by atoms with Crippen LogP contribution in [-0.4, -0.2) is 65.2 Å².